The van der Waals surface area contributed by atoms with Crippen LogP contribution in [0, 0.1) is 6.92 Å². The number of rotatable bonds is 7. The molecule has 1 aromatic heterocycles. The molecule has 1 saturated heterocycles. The monoisotopic (exact) mass is 422 g/mol. The van der Waals surface area contributed by atoms with E-state index < -0.39 is 6.09 Å². The van der Waals surface area contributed by atoms with E-state index in [0.717, 1.165) is 30.8 Å². The summed E-state index contributed by atoms with van der Waals surface area (Å²) in [4.78, 5) is 11.8. The number of amides is 1. The van der Waals surface area contributed by atoms with Crippen LogP contribution in [-0.4, -0.2) is 37.1 Å². The Morgan fingerprint density at radius 2 is 2.00 bits per heavy atom. The SMILES string of the molecule is CCCOC(=O)Nc1ccc(-c2c(C)c3ccc(OCC)cc3n2C2CCOC2)cc1. The smallest absolute Gasteiger partial charge is 0.411 e. The first kappa shape index (κ1) is 21.2. The molecule has 1 atom stereocenters. The van der Waals surface area contributed by atoms with E-state index in [0.29, 0.717) is 25.5 Å². The fourth-order valence-corrected chi connectivity index (χ4v) is 4.23. The lowest BCUT2D eigenvalue weighted by molar-refractivity contribution is 0.161. The van der Waals surface area contributed by atoms with Crippen molar-refractivity contribution in [3.63, 3.8) is 0 Å². The molecule has 1 unspecified atom stereocenters. The topological polar surface area (TPSA) is 61.7 Å². The van der Waals surface area contributed by atoms with E-state index in [-0.39, 0.29) is 6.04 Å². The highest BCUT2D eigenvalue weighted by molar-refractivity contribution is 5.93. The van der Waals surface area contributed by atoms with Gasteiger partial charge in [0.2, 0.25) is 0 Å². The second kappa shape index (κ2) is 9.43. The lowest BCUT2D eigenvalue weighted by Crippen LogP contribution is -2.14. The van der Waals surface area contributed by atoms with Crippen LogP contribution in [0.1, 0.15) is 38.3 Å². The van der Waals surface area contributed by atoms with Gasteiger partial charge in [0.05, 0.1) is 37.1 Å². The van der Waals surface area contributed by atoms with Crippen molar-refractivity contribution < 1.29 is 19.0 Å². The van der Waals surface area contributed by atoms with Crippen LogP contribution < -0.4 is 10.1 Å². The van der Waals surface area contributed by atoms with Gasteiger partial charge in [0.1, 0.15) is 5.75 Å². The van der Waals surface area contributed by atoms with Crippen molar-refractivity contribution in [2.45, 2.75) is 39.7 Å². The van der Waals surface area contributed by atoms with Crippen molar-refractivity contribution in [2.75, 3.05) is 31.7 Å². The molecule has 1 aliphatic heterocycles. The summed E-state index contributed by atoms with van der Waals surface area (Å²) in [5.74, 6) is 0.879. The minimum atomic E-state index is -0.425. The third kappa shape index (κ3) is 4.39. The molecule has 6 nitrogen and oxygen atoms in total. The summed E-state index contributed by atoms with van der Waals surface area (Å²) in [7, 11) is 0. The Morgan fingerprint density at radius 1 is 1.19 bits per heavy atom. The molecule has 164 valence electrons. The predicted molar refractivity (Wildman–Crippen MR) is 123 cm³/mol. The number of carbonyl (C=O) groups is 1. The van der Waals surface area contributed by atoms with Crippen LogP contribution in [0.2, 0.25) is 0 Å². The lowest BCUT2D eigenvalue weighted by atomic mass is 10.1. The zero-order valence-corrected chi connectivity index (χ0v) is 18.4. The van der Waals surface area contributed by atoms with Crippen LogP contribution >= 0.6 is 0 Å². The Morgan fingerprint density at radius 3 is 2.68 bits per heavy atom. The molecule has 0 aliphatic carbocycles. The third-order valence-corrected chi connectivity index (χ3v) is 5.65. The van der Waals surface area contributed by atoms with Gasteiger partial charge >= 0.3 is 6.09 Å². The second-order valence-corrected chi connectivity index (χ2v) is 7.81. The Hall–Kier alpha value is -2.99. The normalized spacial score (nSPS) is 15.9. The average Bonchev–Trinajstić information content (AvgIpc) is 3.39. The molecular weight excluding hydrogens is 392 g/mol. The first-order chi connectivity index (χ1) is 15.1. The van der Waals surface area contributed by atoms with Gasteiger partial charge < -0.3 is 18.8 Å². The van der Waals surface area contributed by atoms with E-state index in [1.54, 1.807) is 0 Å². The number of aryl methyl sites for hydroxylation is 1. The van der Waals surface area contributed by atoms with Gasteiger partial charge in [-0.25, -0.2) is 4.79 Å². The first-order valence-corrected chi connectivity index (χ1v) is 11.0. The van der Waals surface area contributed by atoms with Gasteiger partial charge in [-0.05, 0) is 62.1 Å². The van der Waals surface area contributed by atoms with Crippen molar-refractivity contribution in [3.8, 4) is 17.0 Å². The van der Waals surface area contributed by atoms with Gasteiger partial charge in [0, 0.05) is 23.7 Å². The average molecular weight is 423 g/mol. The molecule has 0 spiro atoms. The number of ether oxygens (including phenoxy) is 3. The fourth-order valence-electron chi connectivity index (χ4n) is 4.23. The molecule has 31 heavy (non-hydrogen) atoms. The number of aromatic nitrogens is 1. The highest BCUT2D eigenvalue weighted by atomic mass is 16.5. The van der Waals surface area contributed by atoms with Crippen molar-refractivity contribution >= 4 is 22.7 Å². The third-order valence-electron chi connectivity index (χ3n) is 5.65. The largest absolute Gasteiger partial charge is 0.494 e. The summed E-state index contributed by atoms with van der Waals surface area (Å²) >= 11 is 0. The summed E-state index contributed by atoms with van der Waals surface area (Å²) in [5.41, 5.74) is 5.39. The van der Waals surface area contributed by atoms with Crippen molar-refractivity contribution in [1.29, 1.82) is 0 Å². The number of fused-ring (bicyclic) bond motifs is 1. The molecule has 4 rings (SSSR count). The molecule has 0 radical (unpaired) electrons. The Kier molecular flexibility index (Phi) is 6.47. The maximum Gasteiger partial charge on any atom is 0.411 e. The molecule has 3 aromatic rings. The molecule has 6 heteroatoms. The van der Waals surface area contributed by atoms with Gasteiger partial charge in [-0.15, -0.1) is 0 Å². The zero-order chi connectivity index (χ0) is 21.8. The number of nitrogens with zero attached hydrogens (tertiary/aromatic N) is 1. The fraction of sp³-hybridized carbons (Fsp3) is 0.400. The van der Waals surface area contributed by atoms with Gasteiger partial charge in [0.15, 0.2) is 0 Å². The van der Waals surface area contributed by atoms with E-state index in [9.17, 15) is 4.79 Å². The zero-order valence-electron chi connectivity index (χ0n) is 18.4. The molecule has 0 bridgehead atoms. The van der Waals surface area contributed by atoms with Crippen LogP contribution in [0.25, 0.3) is 22.2 Å². The van der Waals surface area contributed by atoms with E-state index in [2.05, 4.69) is 28.9 Å². The van der Waals surface area contributed by atoms with Crippen molar-refractivity contribution in [1.82, 2.24) is 4.57 Å². The second-order valence-electron chi connectivity index (χ2n) is 7.81. The van der Waals surface area contributed by atoms with Crippen molar-refractivity contribution in [3.05, 3.63) is 48.0 Å². The molecule has 1 aliphatic rings. The Bertz CT molecular complexity index is 1050. The van der Waals surface area contributed by atoms with E-state index in [1.807, 2.05) is 44.2 Å². The van der Waals surface area contributed by atoms with Crippen LogP contribution in [-0.2, 0) is 9.47 Å². The number of benzene rings is 2. The molecule has 2 heterocycles. The summed E-state index contributed by atoms with van der Waals surface area (Å²) in [6, 6.07) is 14.5. The maximum absolute atomic E-state index is 11.8. The summed E-state index contributed by atoms with van der Waals surface area (Å²) in [5, 5.41) is 4.00. The number of carbonyl (C=O) groups excluding carboxylic acids is 1. The molecule has 2 aromatic carbocycles. The Labute approximate surface area is 183 Å². The quantitative estimate of drug-likeness (QED) is 0.512. The van der Waals surface area contributed by atoms with Gasteiger partial charge in [0.25, 0.3) is 0 Å². The molecule has 0 saturated carbocycles. The molecule has 1 fully saturated rings. The predicted octanol–water partition coefficient (Wildman–Crippen LogP) is 5.94. The van der Waals surface area contributed by atoms with Crippen LogP contribution in [0.15, 0.2) is 42.5 Å². The summed E-state index contributed by atoms with van der Waals surface area (Å²) < 4.78 is 19.0. The summed E-state index contributed by atoms with van der Waals surface area (Å²) in [6.45, 7) is 8.66. The van der Waals surface area contributed by atoms with E-state index >= 15 is 0 Å². The Balaban J connectivity index is 1.73. The maximum atomic E-state index is 11.8. The number of anilines is 1. The van der Waals surface area contributed by atoms with Gasteiger partial charge in [-0.1, -0.05) is 19.1 Å². The number of nitrogens with one attached hydrogen (secondary N) is 1. The van der Waals surface area contributed by atoms with Crippen LogP contribution in [0.5, 0.6) is 5.75 Å². The minimum absolute atomic E-state index is 0.282. The molecule has 1 amide bonds. The van der Waals surface area contributed by atoms with Gasteiger partial charge in [-0.2, -0.15) is 0 Å². The van der Waals surface area contributed by atoms with Crippen LogP contribution in [0.4, 0.5) is 10.5 Å². The van der Waals surface area contributed by atoms with Crippen LogP contribution in [0.3, 0.4) is 0 Å². The number of hydrogen-bond acceptors (Lipinski definition) is 4. The molecule has 1 N–H and O–H groups in total. The highest BCUT2D eigenvalue weighted by Crippen LogP contribution is 2.39. The first-order valence-electron chi connectivity index (χ1n) is 11.0. The molecular formula is C25H30N2O4. The minimum Gasteiger partial charge on any atom is -0.494 e. The summed E-state index contributed by atoms with van der Waals surface area (Å²) in [6.07, 6.45) is 1.36. The van der Waals surface area contributed by atoms with Gasteiger partial charge in [-0.3, -0.25) is 5.32 Å². The van der Waals surface area contributed by atoms with E-state index in [4.69, 9.17) is 14.2 Å². The standard InChI is InChI=1S/C25H30N2O4/c1-4-13-31-25(28)26-19-8-6-18(7-9-19)24-17(3)22-11-10-21(30-5-2)15-23(22)27(24)20-12-14-29-16-20/h6-11,15,20H,4-5,12-14,16H2,1-3H3,(H,26,28). The van der Waals surface area contributed by atoms with Crippen molar-refractivity contribution in [2.24, 2.45) is 0 Å². The lowest BCUT2D eigenvalue weighted by Gasteiger charge is -2.18. The highest BCUT2D eigenvalue weighted by Gasteiger charge is 2.25. The number of hydrogen-bond donors (Lipinski definition) is 1. The van der Waals surface area contributed by atoms with E-state index in [1.165, 1.54) is 22.2 Å².